The summed E-state index contributed by atoms with van der Waals surface area (Å²) in [6.07, 6.45) is 1.31. The standard InChI is InChI=1S/C26H37N3O2/c1-17-10-22(30)11-18(2)23(17)13-24(27)25(31)29-15-20-9-7-6-8-19(20)12-21(29)14-28-16-26(3,4)5/h6-11,21,24,28,30H,12-16,27H2,1-5H3/t21-,24-/m0/s1. The zero-order valence-corrected chi connectivity index (χ0v) is 19.5. The number of rotatable bonds is 6. The van der Waals surface area contributed by atoms with E-state index in [4.69, 9.17) is 5.73 Å². The van der Waals surface area contributed by atoms with Crippen LogP contribution in [0, 0.1) is 19.3 Å². The average Bonchev–Trinajstić information content (AvgIpc) is 2.68. The highest BCUT2D eigenvalue weighted by Crippen LogP contribution is 2.26. The maximum absolute atomic E-state index is 13.5. The van der Waals surface area contributed by atoms with Crippen molar-refractivity contribution in [1.29, 1.82) is 0 Å². The predicted molar refractivity (Wildman–Crippen MR) is 126 cm³/mol. The summed E-state index contributed by atoms with van der Waals surface area (Å²) in [6.45, 7) is 12.8. The van der Waals surface area contributed by atoms with Crippen LogP contribution in [0.2, 0.25) is 0 Å². The molecule has 3 rings (SSSR count). The molecule has 1 heterocycles. The molecule has 5 heteroatoms. The van der Waals surface area contributed by atoms with Crippen molar-refractivity contribution in [1.82, 2.24) is 10.2 Å². The Kier molecular flexibility index (Phi) is 7.07. The summed E-state index contributed by atoms with van der Waals surface area (Å²) in [5.74, 6) is 0.236. The fourth-order valence-electron chi connectivity index (χ4n) is 4.45. The minimum Gasteiger partial charge on any atom is -0.508 e. The summed E-state index contributed by atoms with van der Waals surface area (Å²) in [7, 11) is 0. The Labute approximate surface area is 186 Å². The van der Waals surface area contributed by atoms with Crippen molar-refractivity contribution in [2.45, 2.75) is 66.1 Å². The zero-order valence-electron chi connectivity index (χ0n) is 19.5. The smallest absolute Gasteiger partial charge is 0.240 e. The van der Waals surface area contributed by atoms with Gasteiger partial charge in [-0.05, 0) is 72.1 Å². The SMILES string of the molecule is Cc1cc(O)cc(C)c1C[C@H](N)C(=O)N1Cc2ccccc2C[C@H]1CNCC(C)(C)C. The molecule has 0 bridgehead atoms. The minimum atomic E-state index is -0.614. The number of carbonyl (C=O) groups is 1. The number of phenolic OH excluding ortho intramolecular Hbond substituents is 1. The van der Waals surface area contributed by atoms with Gasteiger partial charge in [-0.25, -0.2) is 0 Å². The average molecular weight is 424 g/mol. The normalized spacial score (nSPS) is 17.4. The Morgan fingerprint density at radius 3 is 2.42 bits per heavy atom. The number of benzene rings is 2. The summed E-state index contributed by atoms with van der Waals surface area (Å²) in [5, 5.41) is 13.4. The third kappa shape index (κ3) is 5.86. The number of aryl methyl sites for hydroxylation is 2. The first kappa shape index (κ1) is 23.3. The Hall–Kier alpha value is -2.37. The minimum absolute atomic E-state index is 0.0102. The van der Waals surface area contributed by atoms with Crippen LogP contribution in [0.3, 0.4) is 0 Å². The lowest BCUT2D eigenvalue weighted by Crippen LogP contribution is -2.55. The van der Waals surface area contributed by atoms with Gasteiger partial charge in [0.15, 0.2) is 0 Å². The molecule has 2 aromatic rings. The molecule has 0 aliphatic carbocycles. The van der Waals surface area contributed by atoms with Crippen LogP contribution in [0.4, 0.5) is 0 Å². The van der Waals surface area contributed by atoms with Crippen molar-refractivity contribution >= 4 is 5.91 Å². The highest BCUT2D eigenvalue weighted by Gasteiger charge is 2.32. The number of carbonyl (C=O) groups excluding carboxylic acids is 1. The van der Waals surface area contributed by atoms with E-state index in [0.717, 1.165) is 36.2 Å². The van der Waals surface area contributed by atoms with Crippen LogP contribution in [0.5, 0.6) is 5.75 Å². The number of nitrogens with zero attached hydrogens (tertiary/aromatic N) is 1. The summed E-state index contributed by atoms with van der Waals surface area (Å²) >= 11 is 0. The van der Waals surface area contributed by atoms with Gasteiger partial charge in [0.05, 0.1) is 6.04 Å². The third-order valence-electron chi connectivity index (χ3n) is 6.10. The molecule has 0 radical (unpaired) electrons. The van der Waals surface area contributed by atoms with Crippen LogP contribution in [0.25, 0.3) is 0 Å². The lowest BCUT2D eigenvalue weighted by atomic mass is 9.91. The van der Waals surface area contributed by atoms with Crippen LogP contribution in [-0.4, -0.2) is 41.1 Å². The van der Waals surface area contributed by atoms with E-state index >= 15 is 0 Å². The third-order valence-corrected chi connectivity index (χ3v) is 6.10. The molecular weight excluding hydrogens is 386 g/mol. The fraction of sp³-hybridized carbons (Fsp3) is 0.500. The first-order chi connectivity index (χ1) is 14.5. The van der Waals surface area contributed by atoms with E-state index in [0.29, 0.717) is 13.0 Å². The second-order valence-corrected chi connectivity index (χ2v) is 10.2. The van der Waals surface area contributed by atoms with Gasteiger partial charge >= 0.3 is 0 Å². The summed E-state index contributed by atoms with van der Waals surface area (Å²) in [6, 6.07) is 11.3. The van der Waals surface area contributed by atoms with E-state index < -0.39 is 6.04 Å². The van der Waals surface area contributed by atoms with Gasteiger partial charge in [0, 0.05) is 25.7 Å². The Bertz CT molecular complexity index is 909. The van der Waals surface area contributed by atoms with Crippen molar-refractivity contribution < 1.29 is 9.90 Å². The second kappa shape index (κ2) is 9.41. The molecule has 0 spiro atoms. The van der Waals surface area contributed by atoms with Gasteiger partial charge in [0.1, 0.15) is 5.75 Å². The molecule has 31 heavy (non-hydrogen) atoms. The van der Waals surface area contributed by atoms with Gasteiger partial charge in [-0.2, -0.15) is 0 Å². The predicted octanol–water partition coefficient (Wildman–Crippen LogP) is 3.47. The quantitative estimate of drug-likeness (QED) is 0.665. The molecule has 168 valence electrons. The van der Waals surface area contributed by atoms with Crippen LogP contribution >= 0.6 is 0 Å². The van der Waals surface area contributed by atoms with Crippen LogP contribution < -0.4 is 11.1 Å². The number of fused-ring (bicyclic) bond motifs is 1. The van der Waals surface area contributed by atoms with Crippen molar-refractivity contribution in [2.75, 3.05) is 13.1 Å². The molecule has 0 unspecified atom stereocenters. The van der Waals surface area contributed by atoms with Crippen LogP contribution in [0.1, 0.15) is 48.6 Å². The zero-order chi connectivity index (χ0) is 22.8. The number of hydrogen-bond acceptors (Lipinski definition) is 4. The highest BCUT2D eigenvalue weighted by molar-refractivity contribution is 5.82. The molecule has 1 amide bonds. The van der Waals surface area contributed by atoms with Gasteiger partial charge in [-0.15, -0.1) is 0 Å². The molecule has 0 fully saturated rings. The number of amides is 1. The van der Waals surface area contributed by atoms with Gasteiger partial charge < -0.3 is 21.1 Å². The van der Waals surface area contributed by atoms with E-state index in [2.05, 4.69) is 44.3 Å². The van der Waals surface area contributed by atoms with Crippen molar-refractivity contribution in [3.8, 4) is 5.75 Å². The maximum Gasteiger partial charge on any atom is 0.240 e. The lowest BCUT2D eigenvalue weighted by molar-refractivity contribution is -0.136. The number of hydrogen-bond donors (Lipinski definition) is 3. The number of aromatic hydroxyl groups is 1. The summed E-state index contributed by atoms with van der Waals surface area (Å²) < 4.78 is 0. The fourth-order valence-corrected chi connectivity index (χ4v) is 4.45. The molecule has 5 nitrogen and oxygen atoms in total. The Balaban J connectivity index is 1.78. The topological polar surface area (TPSA) is 78.6 Å². The molecule has 4 N–H and O–H groups in total. The van der Waals surface area contributed by atoms with Crippen molar-refractivity contribution in [2.24, 2.45) is 11.1 Å². The van der Waals surface area contributed by atoms with E-state index in [1.165, 1.54) is 11.1 Å². The first-order valence-electron chi connectivity index (χ1n) is 11.2. The van der Waals surface area contributed by atoms with Crippen molar-refractivity contribution in [3.05, 3.63) is 64.2 Å². The maximum atomic E-state index is 13.5. The number of nitrogens with two attached hydrogens (primary N) is 1. The Morgan fingerprint density at radius 2 is 1.81 bits per heavy atom. The van der Waals surface area contributed by atoms with Gasteiger partial charge in [-0.1, -0.05) is 45.0 Å². The first-order valence-corrected chi connectivity index (χ1v) is 11.2. The van der Waals surface area contributed by atoms with E-state index in [1.54, 1.807) is 12.1 Å². The number of nitrogens with one attached hydrogen (secondary N) is 1. The van der Waals surface area contributed by atoms with E-state index in [9.17, 15) is 9.90 Å². The van der Waals surface area contributed by atoms with E-state index in [-0.39, 0.29) is 23.1 Å². The highest BCUT2D eigenvalue weighted by atomic mass is 16.3. The van der Waals surface area contributed by atoms with E-state index in [1.807, 2.05) is 24.8 Å². The molecule has 1 aliphatic rings. The molecule has 0 aromatic heterocycles. The largest absolute Gasteiger partial charge is 0.508 e. The second-order valence-electron chi connectivity index (χ2n) is 10.2. The molecule has 2 atom stereocenters. The van der Waals surface area contributed by atoms with Gasteiger partial charge in [-0.3, -0.25) is 4.79 Å². The molecule has 0 saturated heterocycles. The van der Waals surface area contributed by atoms with Gasteiger partial charge in [0.2, 0.25) is 5.91 Å². The van der Waals surface area contributed by atoms with Gasteiger partial charge in [0.25, 0.3) is 0 Å². The van der Waals surface area contributed by atoms with Crippen LogP contribution in [-0.2, 0) is 24.2 Å². The van der Waals surface area contributed by atoms with Crippen molar-refractivity contribution in [3.63, 3.8) is 0 Å². The summed E-state index contributed by atoms with van der Waals surface area (Å²) in [4.78, 5) is 15.5. The monoisotopic (exact) mass is 423 g/mol. The van der Waals surface area contributed by atoms with Crippen LogP contribution in [0.15, 0.2) is 36.4 Å². The molecule has 2 aromatic carbocycles. The Morgan fingerprint density at radius 1 is 1.19 bits per heavy atom. The molecular formula is C26H37N3O2. The summed E-state index contributed by atoms with van der Waals surface area (Å²) in [5.41, 5.74) is 12.1. The lowest BCUT2D eigenvalue weighted by Gasteiger charge is -2.39. The molecule has 1 aliphatic heterocycles. The molecule has 0 saturated carbocycles. The number of phenols is 1.